The van der Waals surface area contributed by atoms with Crippen LogP contribution in [-0.4, -0.2) is 20.5 Å². The number of anilines is 2. The highest BCUT2D eigenvalue weighted by atomic mass is 35.5. The molecule has 2 aromatic rings. The Bertz CT molecular complexity index is 951. The molecule has 0 bridgehead atoms. The van der Waals surface area contributed by atoms with Crippen LogP contribution in [-0.2, 0) is 16.6 Å². The summed E-state index contributed by atoms with van der Waals surface area (Å²) in [6.45, 7) is 2.04. The summed E-state index contributed by atoms with van der Waals surface area (Å²) in [4.78, 5) is 0. The Kier molecular flexibility index (Phi) is 3.82. The zero-order chi connectivity index (χ0) is 16.8. The Hall–Kier alpha value is -2.05. The molecule has 5 nitrogen and oxygen atoms in total. The van der Waals surface area contributed by atoms with E-state index in [0.717, 1.165) is 16.3 Å². The number of benzene rings is 2. The first kappa shape index (κ1) is 15.8. The third kappa shape index (κ3) is 2.68. The maximum atomic E-state index is 12.2. The molecule has 0 spiro atoms. The van der Waals surface area contributed by atoms with Gasteiger partial charge in [-0.05, 0) is 23.9 Å². The van der Waals surface area contributed by atoms with Crippen LogP contribution in [0.1, 0.15) is 12.5 Å². The molecule has 0 fully saturated rings. The van der Waals surface area contributed by atoms with Crippen LogP contribution < -0.4 is 9.62 Å². The van der Waals surface area contributed by atoms with Gasteiger partial charge in [0.25, 0.3) is 0 Å². The summed E-state index contributed by atoms with van der Waals surface area (Å²) in [5.41, 5.74) is 2.08. The van der Waals surface area contributed by atoms with Gasteiger partial charge in [-0.15, -0.1) is 0 Å². The number of nitrogens with one attached hydrogen (secondary N) is 2. The normalized spacial score (nSPS) is 14.4. The van der Waals surface area contributed by atoms with Crippen LogP contribution in [0.15, 0.2) is 41.4 Å². The lowest BCUT2D eigenvalue weighted by Crippen LogP contribution is -2.27. The van der Waals surface area contributed by atoms with Gasteiger partial charge in [-0.3, -0.25) is 9.71 Å². The van der Waals surface area contributed by atoms with E-state index in [1.54, 1.807) is 19.1 Å². The summed E-state index contributed by atoms with van der Waals surface area (Å²) < 4.78 is 25.7. The van der Waals surface area contributed by atoms with Crippen molar-refractivity contribution in [3.8, 4) is 0 Å². The molecular formula is C16H16ClN3O2S. The monoisotopic (exact) mass is 349 g/mol. The number of hydrogen-bond acceptors (Lipinski definition) is 3. The van der Waals surface area contributed by atoms with Crippen molar-refractivity contribution in [2.45, 2.75) is 13.5 Å². The molecule has 1 aliphatic heterocycles. The van der Waals surface area contributed by atoms with Crippen molar-refractivity contribution in [3.05, 3.63) is 47.0 Å². The van der Waals surface area contributed by atoms with E-state index in [2.05, 4.69) is 5.32 Å². The zero-order valence-corrected chi connectivity index (χ0v) is 14.3. The molecule has 0 unspecified atom stereocenters. The van der Waals surface area contributed by atoms with Gasteiger partial charge in [0.2, 0.25) is 10.0 Å². The third-order valence-corrected chi connectivity index (χ3v) is 5.34. The van der Waals surface area contributed by atoms with Crippen LogP contribution in [0.5, 0.6) is 0 Å². The molecule has 120 valence electrons. The average Bonchev–Trinajstić information content (AvgIpc) is 2.91. The summed E-state index contributed by atoms with van der Waals surface area (Å²) in [7, 11) is -3.43. The molecule has 7 heteroatoms. The molecule has 0 aliphatic carbocycles. The van der Waals surface area contributed by atoms with Gasteiger partial charge in [0.05, 0.1) is 29.2 Å². The lowest BCUT2D eigenvalue weighted by Gasteiger charge is -2.20. The van der Waals surface area contributed by atoms with Crippen LogP contribution in [0.4, 0.5) is 11.4 Å². The van der Waals surface area contributed by atoms with E-state index in [4.69, 9.17) is 17.0 Å². The first-order valence-corrected chi connectivity index (χ1v) is 9.25. The number of amidine groups is 1. The molecule has 0 radical (unpaired) electrons. The van der Waals surface area contributed by atoms with Crippen molar-refractivity contribution < 1.29 is 8.42 Å². The van der Waals surface area contributed by atoms with Gasteiger partial charge < -0.3 is 5.32 Å². The molecule has 2 N–H and O–H groups in total. The van der Waals surface area contributed by atoms with Gasteiger partial charge in [-0.1, -0.05) is 41.9 Å². The quantitative estimate of drug-likeness (QED) is 0.656. The fourth-order valence-corrected chi connectivity index (χ4v) is 3.72. The number of sulfonamides is 1. The summed E-state index contributed by atoms with van der Waals surface area (Å²) in [6, 6.07) is 9.47. The van der Waals surface area contributed by atoms with Crippen molar-refractivity contribution in [3.63, 3.8) is 0 Å². The minimum absolute atomic E-state index is 0.0302. The predicted molar refractivity (Wildman–Crippen MR) is 95.9 cm³/mol. The van der Waals surface area contributed by atoms with Crippen LogP contribution in [0, 0.1) is 5.41 Å². The summed E-state index contributed by atoms with van der Waals surface area (Å²) in [5.74, 6) is 0.0302. The van der Waals surface area contributed by atoms with Gasteiger partial charge in [-0.2, -0.15) is 0 Å². The van der Waals surface area contributed by atoms with E-state index in [0.29, 0.717) is 17.9 Å². The van der Waals surface area contributed by atoms with Gasteiger partial charge in [0, 0.05) is 5.39 Å². The molecule has 23 heavy (non-hydrogen) atoms. The SMILES string of the molecule is C/C=C(/Cl)C(=N)Nc1ccc2cccc3c2c1N(S(C)(=O)=O)C3. The first-order valence-electron chi connectivity index (χ1n) is 7.03. The number of hydrogen-bond donors (Lipinski definition) is 2. The Balaban J connectivity index is 2.21. The van der Waals surface area contributed by atoms with Gasteiger partial charge in [-0.25, -0.2) is 8.42 Å². The molecule has 1 heterocycles. The number of allylic oxidation sites excluding steroid dienone is 1. The minimum Gasteiger partial charge on any atom is -0.338 e. The highest BCUT2D eigenvalue weighted by molar-refractivity contribution is 7.92. The molecular weight excluding hydrogens is 334 g/mol. The lowest BCUT2D eigenvalue weighted by molar-refractivity contribution is 0.597. The lowest BCUT2D eigenvalue weighted by atomic mass is 10.0. The molecule has 0 aromatic heterocycles. The second kappa shape index (κ2) is 5.54. The number of nitrogens with zero attached hydrogens (tertiary/aromatic N) is 1. The molecule has 1 aliphatic rings. The highest BCUT2D eigenvalue weighted by Gasteiger charge is 2.30. The fraction of sp³-hybridized carbons (Fsp3) is 0.188. The Morgan fingerprint density at radius 1 is 1.35 bits per heavy atom. The molecule has 3 rings (SSSR count). The summed E-state index contributed by atoms with van der Waals surface area (Å²) >= 11 is 5.96. The van der Waals surface area contributed by atoms with Crippen LogP contribution in [0.25, 0.3) is 10.8 Å². The van der Waals surface area contributed by atoms with E-state index in [-0.39, 0.29) is 10.9 Å². The zero-order valence-electron chi connectivity index (χ0n) is 12.7. The Morgan fingerprint density at radius 2 is 2.09 bits per heavy atom. The smallest absolute Gasteiger partial charge is 0.232 e. The average molecular weight is 350 g/mol. The van der Waals surface area contributed by atoms with Crippen LogP contribution in [0.3, 0.4) is 0 Å². The van der Waals surface area contributed by atoms with Crippen molar-refractivity contribution in [2.75, 3.05) is 15.9 Å². The largest absolute Gasteiger partial charge is 0.338 e. The van der Waals surface area contributed by atoms with E-state index < -0.39 is 10.0 Å². The second-order valence-electron chi connectivity index (χ2n) is 5.38. The molecule has 0 atom stereocenters. The van der Waals surface area contributed by atoms with Crippen molar-refractivity contribution in [1.29, 1.82) is 5.41 Å². The second-order valence-corrected chi connectivity index (χ2v) is 7.70. The maximum Gasteiger partial charge on any atom is 0.232 e. The van der Waals surface area contributed by atoms with E-state index in [1.165, 1.54) is 10.6 Å². The molecule has 0 saturated heterocycles. The molecule has 2 aromatic carbocycles. The van der Waals surface area contributed by atoms with Crippen LogP contribution in [0.2, 0.25) is 0 Å². The van der Waals surface area contributed by atoms with Crippen molar-refractivity contribution in [2.24, 2.45) is 0 Å². The topological polar surface area (TPSA) is 73.3 Å². The number of halogens is 1. The third-order valence-electron chi connectivity index (χ3n) is 3.82. The number of rotatable bonds is 3. The van der Waals surface area contributed by atoms with E-state index in [1.807, 2.05) is 24.3 Å². The first-order chi connectivity index (χ1) is 10.8. The fourth-order valence-electron chi connectivity index (χ4n) is 2.78. The van der Waals surface area contributed by atoms with Crippen LogP contribution >= 0.6 is 11.6 Å². The van der Waals surface area contributed by atoms with Crippen molar-refractivity contribution >= 4 is 49.6 Å². The Labute approximate surface area is 140 Å². The molecule has 0 amide bonds. The van der Waals surface area contributed by atoms with Gasteiger partial charge >= 0.3 is 0 Å². The minimum atomic E-state index is -3.43. The summed E-state index contributed by atoms with van der Waals surface area (Å²) in [5, 5.41) is 13.0. The summed E-state index contributed by atoms with van der Waals surface area (Å²) in [6.07, 6.45) is 2.79. The van der Waals surface area contributed by atoms with E-state index >= 15 is 0 Å². The molecule has 0 saturated carbocycles. The highest BCUT2D eigenvalue weighted by Crippen LogP contribution is 2.44. The van der Waals surface area contributed by atoms with Gasteiger partial charge in [0.15, 0.2) is 0 Å². The van der Waals surface area contributed by atoms with Crippen molar-refractivity contribution in [1.82, 2.24) is 0 Å². The Morgan fingerprint density at radius 3 is 2.74 bits per heavy atom. The maximum absolute atomic E-state index is 12.2. The standard InChI is InChI=1S/C16H16ClN3O2S/c1-3-12(17)16(18)19-13-8-7-10-5-4-6-11-9-20(23(2,21)22)15(13)14(10)11/h3-8H,9H2,1-2H3,(H2,18,19)/b12-3+. The van der Waals surface area contributed by atoms with E-state index in [9.17, 15) is 8.42 Å². The van der Waals surface area contributed by atoms with Gasteiger partial charge in [0.1, 0.15) is 5.84 Å². The predicted octanol–water partition coefficient (Wildman–Crippen LogP) is 3.65.